The largest absolute Gasteiger partial charge is 0.462 e. The van der Waals surface area contributed by atoms with E-state index in [0.29, 0.717) is 22.1 Å². The number of halogens is 1. The third-order valence-electron chi connectivity index (χ3n) is 3.43. The molecule has 4 rings (SSSR count). The number of hydrogen-bond acceptors (Lipinski definition) is 5. The van der Waals surface area contributed by atoms with Gasteiger partial charge < -0.3 is 9.73 Å². The minimum Gasteiger partial charge on any atom is -0.462 e. The minimum absolute atomic E-state index is 0.243. The lowest BCUT2D eigenvalue weighted by Crippen LogP contribution is -2.12. The van der Waals surface area contributed by atoms with Gasteiger partial charge in [-0.05, 0) is 36.4 Å². The van der Waals surface area contributed by atoms with Gasteiger partial charge in [-0.3, -0.25) is 4.79 Å². The number of furan rings is 1. The van der Waals surface area contributed by atoms with Crippen molar-refractivity contribution in [1.82, 2.24) is 14.8 Å². The lowest BCUT2D eigenvalue weighted by Gasteiger charge is -2.07. The maximum atomic E-state index is 14.2. The molecular formula is C17H11FN4O2S. The molecular weight excluding hydrogens is 343 g/mol. The molecule has 1 aromatic carbocycles. The molecule has 3 heterocycles. The van der Waals surface area contributed by atoms with Crippen LogP contribution in [0.15, 0.2) is 64.9 Å². The molecule has 1 amide bonds. The highest BCUT2D eigenvalue weighted by molar-refractivity contribution is 7.13. The first-order chi connectivity index (χ1) is 12.2. The molecule has 0 bridgehead atoms. The van der Waals surface area contributed by atoms with Gasteiger partial charge in [-0.15, -0.1) is 11.3 Å². The van der Waals surface area contributed by atoms with Crippen LogP contribution in [-0.2, 0) is 0 Å². The second-order valence-corrected chi connectivity index (χ2v) is 5.94. The van der Waals surface area contributed by atoms with Crippen LogP contribution in [0.1, 0.15) is 10.5 Å². The number of amides is 1. The molecule has 0 unspecified atom stereocenters. The maximum Gasteiger partial charge on any atom is 0.275 e. The molecule has 0 aliphatic rings. The van der Waals surface area contributed by atoms with Crippen LogP contribution < -0.4 is 5.32 Å². The molecule has 4 aromatic rings. The van der Waals surface area contributed by atoms with Crippen molar-refractivity contribution in [3.05, 3.63) is 71.9 Å². The number of aromatic nitrogens is 3. The highest BCUT2D eigenvalue weighted by atomic mass is 32.1. The van der Waals surface area contributed by atoms with E-state index >= 15 is 0 Å². The Balaban J connectivity index is 1.52. The first kappa shape index (κ1) is 15.3. The zero-order valence-corrected chi connectivity index (χ0v) is 13.5. The van der Waals surface area contributed by atoms with Gasteiger partial charge in [-0.1, -0.05) is 0 Å². The van der Waals surface area contributed by atoms with E-state index in [9.17, 15) is 9.18 Å². The van der Waals surface area contributed by atoms with E-state index < -0.39 is 11.7 Å². The lowest BCUT2D eigenvalue weighted by molar-refractivity contribution is 0.102. The van der Waals surface area contributed by atoms with Gasteiger partial charge in [0, 0.05) is 23.5 Å². The van der Waals surface area contributed by atoms with Gasteiger partial charge in [0.05, 0.1) is 6.26 Å². The third-order valence-corrected chi connectivity index (χ3v) is 4.28. The zero-order valence-electron chi connectivity index (χ0n) is 12.7. The molecule has 6 nitrogen and oxygen atoms in total. The highest BCUT2D eigenvalue weighted by Crippen LogP contribution is 2.24. The number of carbonyl (C=O) groups is 1. The summed E-state index contributed by atoms with van der Waals surface area (Å²) in [6, 6.07) is 9.62. The summed E-state index contributed by atoms with van der Waals surface area (Å²) in [5.74, 6) is -0.310. The van der Waals surface area contributed by atoms with Crippen LogP contribution in [0.25, 0.3) is 16.5 Å². The Hall–Kier alpha value is -3.26. The van der Waals surface area contributed by atoms with Crippen molar-refractivity contribution in [3.63, 3.8) is 0 Å². The number of nitrogens with zero attached hydrogens (tertiary/aromatic N) is 3. The fourth-order valence-electron chi connectivity index (χ4n) is 2.27. The Labute approximate surface area is 145 Å². The summed E-state index contributed by atoms with van der Waals surface area (Å²) in [7, 11) is 0. The maximum absolute atomic E-state index is 14.2. The first-order valence-electron chi connectivity index (χ1n) is 7.31. The second-order valence-electron chi connectivity index (χ2n) is 5.09. The Morgan fingerprint density at radius 2 is 2.20 bits per heavy atom. The fourth-order valence-corrected chi connectivity index (χ4v) is 3.03. The van der Waals surface area contributed by atoms with E-state index in [4.69, 9.17) is 4.42 Å². The Morgan fingerprint density at radius 1 is 1.28 bits per heavy atom. The van der Waals surface area contributed by atoms with Crippen molar-refractivity contribution in [2.24, 2.45) is 0 Å². The average Bonchev–Trinajstić information content (AvgIpc) is 3.35. The number of thiazole rings is 1. The van der Waals surface area contributed by atoms with Gasteiger partial charge >= 0.3 is 0 Å². The lowest BCUT2D eigenvalue weighted by atomic mass is 10.2. The van der Waals surface area contributed by atoms with Gasteiger partial charge in [0.2, 0.25) is 0 Å². The number of nitrogens with one attached hydrogen (secondary N) is 1. The molecule has 124 valence electrons. The predicted octanol–water partition coefficient (Wildman–Crippen LogP) is 3.98. The Morgan fingerprint density at radius 3 is 2.92 bits per heavy atom. The van der Waals surface area contributed by atoms with Crippen LogP contribution in [0.2, 0.25) is 0 Å². The average molecular weight is 354 g/mol. The molecule has 3 aromatic heterocycles. The fraction of sp³-hybridized carbons (Fsp3) is 0. The molecule has 0 radical (unpaired) electrons. The van der Waals surface area contributed by atoms with Crippen molar-refractivity contribution in [2.75, 3.05) is 5.32 Å². The molecule has 0 aliphatic heterocycles. The molecule has 0 saturated carbocycles. The topological polar surface area (TPSA) is 73.0 Å². The molecule has 0 atom stereocenters. The van der Waals surface area contributed by atoms with Gasteiger partial charge in [0.1, 0.15) is 11.4 Å². The standard InChI is InChI=1S/C17H11FN4O2S/c18-12-9-11(4-5-14(12)22-7-2-6-19-22)20-16(23)13-10-25-17(21-13)15-3-1-8-24-15/h1-10H,(H,20,23). The van der Waals surface area contributed by atoms with E-state index in [2.05, 4.69) is 15.4 Å². The SMILES string of the molecule is O=C(Nc1ccc(-n2cccn2)c(F)c1)c1csc(-c2ccco2)n1. The summed E-state index contributed by atoms with van der Waals surface area (Å²) in [4.78, 5) is 16.5. The normalized spacial score (nSPS) is 10.8. The Bertz CT molecular complexity index is 1010. The second kappa shape index (κ2) is 6.33. The molecule has 1 N–H and O–H groups in total. The van der Waals surface area contributed by atoms with Gasteiger partial charge in [0.25, 0.3) is 5.91 Å². The van der Waals surface area contributed by atoms with Crippen LogP contribution in [-0.4, -0.2) is 20.7 Å². The van der Waals surface area contributed by atoms with Crippen LogP contribution >= 0.6 is 11.3 Å². The summed E-state index contributed by atoms with van der Waals surface area (Å²) < 4.78 is 20.9. The van der Waals surface area contributed by atoms with E-state index in [0.717, 1.165) is 0 Å². The number of rotatable bonds is 4. The number of benzene rings is 1. The minimum atomic E-state index is -0.490. The molecule has 0 aliphatic carbocycles. The molecule has 0 spiro atoms. The zero-order chi connectivity index (χ0) is 17.2. The van der Waals surface area contributed by atoms with Gasteiger partial charge in [-0.2, -0.15) is 5.10 Å². The molecule has 8 heteroatoms. The number of hydrogen-bond donors (Lipinski definition) is 1. The summed E-state index contributed by atoms with van der Waals surface area (Å²) in [6.45, 7) is 0. The van der Waals surface area contributed by atoms with E-state index in [1.807, 2.05) is 0 Å². The molecule has 25 heavy (non-hydrogen) atoms. The Kier molecular flexibility index (Phi) is 3.87. The summed E-state index contributed by atoms with van der Waals surface area (Å²) in [5.41, 5.74) is 0.885. The van der Waals surface area contributed by atoms with Crippen molar-refractivity contribution < 1.29 is 13.6 Å². The van der Waals surface area contributed by atoms with Gasteiger partial charge in [-0.25, -0.2) is 14.1 Å². The van der Waals surface area contributed by atoms with E-state index in [-0.39, 0.29) is 5.69 Å². The van der Waals surface area contributed by atoms with E-state index in [1.54, 1.807) is 54.4 Å². The smallest absolute Gasteiger partial charge is 0.275 e. The highest BCUT2D eigenvalue weighted by Gasteiger charge is 2.14. The van der Waals surface area contributed by atoms with Gasteiger partial charge in [0.15, 0.2) is 16.6 Å². The number of carbonyl (C=O) groups excluding carboxylic acids is 1. The van der Waals surface area contributed by atoms with Crippen LogP contribution in [0.5, 0.6) is 0 Å². The monoisotopic (exact) mass is 354 g/mol. The molecule has 0 fully saturated rings. The first-order valence-corrected chi connectivity index (χ1v) is 8.19. The van der Waals surface area contributed by atoms with Crippen molar-refractivity contribution >= 4 is 22.9 Å². The van der Waals surface area contributed by atoms with Crippen molar-refractivity contribution in [1.29, 1.82) is 0 Å². The third kappa shape index (κ3) is 3.07. The van der Waals surface area contributed by atoms with E-state index in [1.165, 1.54) is 22.1 Å². The summed E-state index contributed by atoms with van der Waals surface area (Å²) in [5, 5.41) is 8.85. The van der Waals surface area contributed by atoms with Crippen LogP contribution in [0.4, 0.5) is 10.1 Å². The quantitative estimate of drug-likeness (QED) is 0.602. The van der Waals surface area contributed by atoms with Crippen LogP contribution in [0.3, 0.4) is 0 Å². The summed E-state index contributed by atoms with van der Waals surface area (Å²) in [6.07, 6.45) is 4.75. The summed E-state index contributed by atoms with van der Waals surface area (Å²) >= 11 is 1.30. The predicted molar refractivity (Wildman–Crippen MR) is 91.3 cm³/mol. The molecule has 0 saturated heterocycles. The van der Waals surface area contributed by atoms with Crippen molar-refractivity contribution in [2.45, 2.75) is 0 Å². The number of anilines is 1. The van der Waals surface area contributed by atoms with Crippen molar-refractivity contribution in [3.8, 4) is 16.5 Å². The van der Waals surface area contributed by atoms with Crippen LogP contribution in [0, 0.1) is 5.82 Å².